The lowest BCUT2D eigenvalue weighted by atomic mass is 10.3. The summed E-state index contributed by atoms with van der Waals surface area (Å²) in [5.41, 5.74) is 0. The number of hydrogen-bond donors (Lipinski definition) is 3. The second kappa shape index (κ2) is 8.42. The van der Waals surface area contributed by atoms with Gasteiger partial charge in [-0.25, -0.2) is 9.97 Å². The zero-order valence-corrected chi connectivity index (χ0v) is 14.1. The monoisotopic (exact) mass is 335 g/mol. The summed E-state index contributed by atoms with van der Waals surface area (Å²) < 4.78 is 0. The van der Waals surface area contributed by atoms with Crippen LogP contribution in [0.1, 0.15) is 25.1 Å². The Morgan fingerprint density at radius 3 is 2.70 bits per heavy atom. The van der Waals surface area contributed by atoms with E-state index < -0.39 is 0 Å². The number of rotatable bonds is 8. The first-order valence-electron chi connectivity index (χ1n) is 7.58. The van der Waals surface area contributed by atoms with Gasteiger partial charge in [-0.3, -0.25) is 9.59 Å². The van der Waals surface area contributed by atoms with Crippen LogP contribution in [0.4, 0.5) is 5.82 Å². The van der Waals surface area contributed by atoms with Gasteiger partial charge in [0.05, 0.1) is 5.39 Å². The van der Waals surface area contributed by atoms with Gasteiger partial charge in [0, 0.05) is 37.9 Å². The second-order valence-electron chi connectivity index (χ2n) is 5.02. The number of anilines is 1. The van der Waals surface area contributed by atoms with E-state index in [1.165, 1.54) is 18.1 Å². The maximum absolute atomic E-state index is 11.7. The molecule has 0 saturated heterocycles. The van der Waals surface area contributed by atoms with Crippen molar-refractivity contribution in [1.29, 1.82) is 0 Å². The van der Waals surface area contributed by atoms with Gasteiger partial charge in [-0.2, -0.15) is 0 Å². The average Bonchev–Trinajstić information content (AvgIpc) is 2.95. The van der Waals surface area contributed by atoms with Gasteiger partial charge in [0.1, 0.15) is 17.0 Å². The molecule has 0 aliphatic rings. The highest BCUT2D eigenvalue weighted by molar-refractivity contribution is 7.18. The summed E-state index contributed by atoms with van der Waals surface area (Å²) in [5.74, 6) is 0.598. The molecule has 23 heavy (non-hydrogen) atoms. The largest absolute Gasteiger partial charge is 0.369 e. The third kappa shape index (κ3) is 5.17. The summed E-state index contributed by atoms with van der Waals surface area (Å²) in [5, 5.41) is 9.57. The van der Waals surface area contributed by atoms with Crippen molar-refractivity contribution >= 4 is 39.2 Å². The third-order valence-corrected chi connectivity index (χ3v) is 4.38. The topological polar surface area (TPSA) is 96.0 Å². The van der Waals surface area contributed by atoms with E-state index in [4.69, 9.17) is 0 Å². The number of carbonyl (C=O) groups is 2. The molecule has 7 nitrogen and oxygen atoms in total. The lowest BCUT2D eigenvalue weighted by Gasteiger charge is -2.07. The fraction of sp³-hybridized carbons (Fsp3) is 0.467. The van der Waals surface area contributed by atoms with Crippen LogP contribution in [-0.4, -0.2) is 41.4 Å². The molecule has 0 aliphatic carbocycles. The van der Waals surface area contributed by atoms with Crippen LogP contribution < -0.4 is 16.0 Å². The lowest BCUT2D eigenvalue weighted by molar-refractivity contribution is -0.121. The maximum Gasteiger partial charge on any atom is 0.221 e. The fourth-order valence-corrected chi connectivity index (χ4v) is 2.98. The molecule has 0 radical (unpaired) electrons. The molecular formula is C15H21N5O2S. The number of nitrogens with one attached hydrogen (secondary N) is 3. The first-order chi connectivity index (χ1) is 11.1. The molecule has 2 heterocycles. The number of thiophene rings is 1. The Morgan fingerprint density at radius 2 is 1.96 bits per heavy atom. The summed E-state index contributed by atoms with van der Waals surface area (Å²) in [6.07, 6.45) is 2.85. The number of aromatic nitrogens is 2. The van der Waals surface area contributed by atoms with E-state index in [1.807, 2.05) is 0 Å². The van der Waals surface area contributed by atoms with Crippen molar-refractivity contribution in [3.8, 4) is 0 Å². The molecule has 124 valence electrons. The quantitative estimate of drug-likeness (QED) is 0.632. The van der Waals surface area contributed by atoms with Crippen molar-refractivity contribution in [3.05, 3.63) is 17.3 Å². The number of aryl methyl sites for hydroxylation is 1. The van der Waals surface area contributed by atoms with Crippen LogP contribution in [0.5, 0.6) is 0 Å². The summed E-state index contributed by atoms with van der Waals surface area (Å²) in [7, 11) is 0. The molecule has 2 rings (SSSR count). The smallest absolute Gasteiger partial charge is 0.221 e. The van der Waals surface area contributed by atoms with Crippen LogP contribution in [0.15, 0.2) is 12.4 Å². The summed E-state index contributed by atoms with van der Waals surface area (Å²) in [4.78, 5) is 33.1. The van der Waals surface area contributed by atoms with Crippen molar-refractivity contribution < 1.29 is 9.59 Å². The first kappa shape index (κ1) is 17.1. The van der Waals surface area contributed by atoms with Gasteiger partial charge in [0.25, 0.3) is 0 Å². The first-order valence-corrected chi connectivity index (χ1v) is 8.40. The van der Waals surface area contributed by atoms with Gasteiger partial charge in [0.15, 0.2) is 0 Å². The van der Waals surface area contributed by atoms with Gasteiger partial charge >= 0.3 is 0 Å². The molecule has 8 heteroatoms. The highest BCUT2D eigenvalue weighted by Crippen LogP contribution is 2.28. The molecule has 0 aliphatic heterocycles. The highest BCUT2D eigenvalue weighted by atomic mass is 32.1. The van der Waals surface area contributed by atoms with Crippen molar-refractivity contribution in [1.82, 2.24) is 20.6 Å². The van der Waals surface area contributed by atoms with E-state index in [1.54, 1.807) is 11.3 Å². The third-order valence-electron chi connectivity index (χ3n) is 3.19. The lowest BCUT2D eigenvalue weighted by Crippen LogP contribution is -2.34. The van der Waals surface area contributed by atoms with Crippen LogP contribution >= 0.6 is 11.3 Å². The van der Waals surface area contributed by atoms with Crippen LogP contribution in [0.25, 0.3) is 10.2 Å². The molecule has 2 amide bonds. The number of amides is 2. The Balaban J connectivity index is 1.79. The Kier molecular flexibility index (Phi) is 6.28. The molecule has 0 bridgehead atoms. The van der Waals surface area contributed by atoms with E-state index in [0.717, 1.165) is 22.5 Å². The normalized spacial score (nSPS) is 10.5. The Bertz CT molecular complexity index is 686. The molecule has 0 unspecified atom stereocenters. The number of hydrogen-bond acceptors (Lipinski definition) is 6. The Labute approximate surface area is 138 Å². The van der Waals surface area contributed by atoms with Crippen molar-refractivity contribution in [2.45, 2.75) is 26.7 Å². The van der Waals surface area contributed by atoms with Gasteiger partial charge in [0.2, 0.25) is 11.8 Å². The van der Waals surface area contributed by atoms with E-state index in [9.17, 15) is 9.59 Å². The zero-order valence-electron chi connectivity index (χ0n) is 13.3. The van der Waals surface area contributed by atoms with E-state index >= 15 is 0 Å². The Hall–Kier alpha value is -2.22. The van der Waals surface area contributed by atoms with Crippen molar-refractivity contribution in [2.75, 3.05) is 25.0 Å². The molecule has 2 aromatic rings. The molecule has 3 N–H and O–H groups in total. The number of nitrogens with zero attached hydrogens (tertiary/aromatic N) is 2. The van der Waals surface area contributed by atoms with Gasteiger partial charge in [-0.15, -0.1) is 11.3 Å². The van der Waals surface area contributed by atoms with Crippen LogP contribution in [0, 0.1) is 0 Å². The molecule has 0 fully saturated rings. The fourth-order valence-electron chi connectivity index (χ4n) is 2.04. The highest BCUT2D eigenvalue weighted by Gasteiger charge is 2.08. The second-order valence-corrected chi connectivity index (χ2v) is 6.13. The summed E-state index contributed by atoms with van der Waals surface area (Å²) in [6, 6.07) is 2.09. The van der Waals surface area contributed by atoms with Crippen LogP contribution in [0.2, 0.25) is 0 Å². The minimum atomic E-state index is -0.101. The van der Waals surface area contributed by atoms with Crippen molar-refractivity contribution in [2.24, 2.45) is 0 Å². The Morgan fingerprint density at radius 1 is 1.17 bits per heavy atom. The molecule has 0 atom stereocenters. The van der Waals surface area contributed by atoms with E-state index in [2.05, 4.69) is 38.9 Å². The number of fused-ring (bicyclic) bond motifs is 1. The summed E-state index contributed by atoms with van der Waals surface area (Å²) >= 11 is 1.66. The van der Waals surface area contributed by atoms with Crippen LogP contribution in [0.3, 0.4) is 0 Å². The minimum Gasteiger partial charge on any atom is -0.369 e. The van der Waals surface area contributed by atoms with Gasteiger partial charge < -0.3 is 16.0 Å². The van der Waals surface area contributed by atoms with E-state index in [0.29, 0.717) is 26.1 Å². The molecule has 2 aromatic heterocycles. The molecule has 0 aromatic carbocycles. The number of carbonyl (C=O) groups excluding carboxylic acids is 2. The predicted octanol–water partition coefficient (Wildman–Crippen LogP) is 1.31. The van der Waals surface area contributed by atoms with Gasteiger partial charge in [-0.1, -0.05) is 6.92 Å². The zero-order chi connectivity index (χ0) is 16.7. The average molecular weight is 335 g/mol. The van der Waals surface area contributed by atoms with Crippen molar-refractivity contribution in [3.63, 3.8) is 0 Å². The SMILES string of the molecule is CCc1cc2c(NCCC(=O)NCCNC(C)=O)ncnc2s1. The molecule has 0 saturated carbocycles. The molecular weight excluding hydrogens is 314 g/mol. The minimum absolute atomic E-state index is 0.0623. The van der Waals surface area contributed by atoms with Gasteiger partial charge in [-0.05, 0) is 12.5 Å². The van der Waals surface area contributed by atoms with E-state index in [-0.39, 0.29) is 11.8 Å². The maximum atomic E-state index is 11.7. The van der Waals surface area contributed by atoms with Crippen LogP contribution in [-0.2, 0) is 16.0 Å². The molecule has 0 spiro atoms. The predicted molar refractivity (Wildman–Crippen MR) is 91.6 cm³/mol. The standard InChI is InChI=1S/C15H21N5O2S/c1-3-11-8-12-14(19-9-20-15(12)23-11)18-5-4-13(22)17-7-6-16-10(2)21/h8-9H,3-7H2,1-2H3,(H,16,21)(H,17,22)(H,18,19,20). The summed E-state index contributed by atoms with van der Waals surface area (Å²) in [6.45, 7) is 4.92.